The molecule has 2 atom stereocenters. The van der Waals surface area contributed by atoms with Crippen molar-refractivity contribution in [2.75, 3.05) is 13.1 Å². The molecule has 120 valence electrons. The Morgan fingerprint density at radius 1 is 1.43 bits per heavy atom. The Labute approximate surface area is 127 Å². The van der Waals surface area contributed by atoms with E-state index in [9.17, 15) is 8.42 Å². The monoisotopic (exact) mass is 314 g/mol. The fourth-order valence-electron chi connectivity index (χ4n) is 3.30. The molecule has 0 aromatic carbocycles. The molecule has 1 aromatic heterocycles. The molecule has 21 heavy (non-hydrogen) atoms. The van der Waals surface area contributed by atoms with Crippen LogP contribution in [0.1, 0.15) is 38.9 Å². The highest BCUT2D eigenvalue weighted by Gasteiger charge is 2.38. The van der Waals surface area contributed by atoms with Gasteiger partial charge in [-0.05, 0) is 39.2 Å². The molecule has 1 fully saturated rings. The Morgan fingerprint density at radius 3 is 2.67 bits per heavy atom. The summed E-state index contributed by atoms with van der Waals surface area (Å²) in [5.74, 6) is 0.989. The van der Waals surface area contributed by atoms with Crippen LogP contribution in [-0.4, -0.2) is 41.4 Å². The Bertz CT molecular complexity index is 582. The number of aromatic nitrogens is 2. The Balaban J connectivity index is 2.35. The average Bonchev–Trinajstić information content (AvgIpc) is 3.05. The summed E-state index contributed by atoms with van der Waals surface area (Å²) in [7, 11) is -3.54. The van der Waals surface area contributed by atoms with E-state index in [0.29, 0.717) is 13.1 Å². The van der Waals surface area contributed by atoms with Gasteiger partial charge >= 0.3 is 0 Å². The first-order valence-corrected chi connectivity index (χ1v) is 9.15. The number of hydrogen-bond donors (Lipinski definition) is 1. The second-order valence-electron chi connectivity index (χ2n) is 5.61. The van der Waals surface area contributed by atoms with Gasteiger partial charge < -0.3 is 10.3 Å². The van der Waals surface area contributed by atoms with Crippen LogP contribution in [0.4, 0.5) is 0 Å². The predicted octanol–water partition coefficient (Wildman–Crippen LogP) is 1.35. The van der Waals surface area contributed by atoms with Gasteiger partial charge in [-0.25, -0.2) is 13.4 Å². The molecule has 0 bridgehead atoms. The van der Waals surface area contributed by atoms with Crippen molar-refractivity contribution in [1.82, 2.24) is 13.9 Å². The first-order chi connectivity index (χ1) is 9.95. The van der Waals surface area contributed by atoms with E-state index in [0.717, 1.165) is 31.6 Å². The van der Waals surface area contributed by atoms with Crippen molar-refractivity contribution in [3.63, 3.8) is 0 Å². The first-order valence-electron chi connectivity index (χ1n) is 7.71. The number of hydrogen-bond acceptors (Lipinski definition) is 4. The van der Waals surface area contributed by atoms with Gasteiger partial charge in [-0.15, -0.1) is 0 Å². The number of rotatable bonds is 6. The molecule has 1 aliphatic carbocycles. The van der Waals surface area contributed by atoms with Gasteiger partial charge in [-0.3, -0.25) is 0 Å². The van der Waals surface area contributed by atoms with Gasteiger partial charge in [0, 0.05) is 25.3 Å². The summed E-state index contributed by atoms with van der Waals surface area (Å²) in [6, 6.07) is 0.0112. The Kier molecular flexibility index (Phi) is 5.06. The number of nitrogens with zero attached hydrogens (tertiary/aromatic N) is 3. The largest absolute Gasteiger partial charge is 0.334 e. The molecule has 7 heteroatoms. The highest BCUT2D eigenvalue weighted by atomic mass is 32.2. The number of sulfonamides is 1. The Morgan fingerprint density at radius 2 is 2.14 bits per heavy atom. The lowest BCUT2D eigenvalue weighted by Gasteiger charge is -2.30. The zero-order valence-corrected chi connectivity index (χ0v) is 13.9. The van der Waals surface area contributed by atoms with Crippen LogP contribution < -0.4 is 5.73 Å². The lowest BCUT2D eigenvalue weighted by atomic mass is 10.0. The summed E-state index contributed by atoms with van der Waals surface area (Å²) < 4.78 is 29.3. The van der Waals surface area contributed by atoms with E-state index in [4.69, 9.17) is 5.73 Å². The van der Waals surface area contributed by atoms with E-state index in [1.165, 1.54) is 0 Å². The molecule has 0 amide bonds. The second-order valence-corrected chi connectivity index (χ2v) is 7.45. The zero-order valence-electron chi connectivity index (χ0n) is 13.1. The van der Waals surface area contributed by atoms with Crippen molar-refractivity contribution >= 4 is 10.0 Å². The predicted molar refractivity (Wildman–Crippen MR) is 82.4 cm³/mol. The molecule has 1 aromatic rings. The number of aryl methyl sites for hydroxylation is 2. The maximum absolute atomic E-state index is 12.9. The average molecular weight is 314 g/mol. The summed E-state index contributed by atoms with van der Waals surface area (Å²) in [6.07, 6.45) is 4.58. The van der Waals surface area contributed by atoms with Crippen molar-refractivity contribution in [3.05, 3.63) is 12.0 Å². The summed E-state index contributed by atoms with van der Waals surface area (Å²) in [4.78, 5) is 4.25. The van der Waals surface area contributed by atoms with Crippen LogP contribution in [-0.2, 0) is 16.6 Å². The summed E-state index contributed by atoms with van der Waals surface area (Å²) in [5.41, 5.74) is 5.81. The third-order valence-electron chi connectivity index (χ3n) is 4.47. The SMILES string of the molecule is CCN(C1CCCC1CN)S(=O)(=O)c1cn(CC)c(C)n1. The van der Waals surface area contributed by atoms with Crippen LogP contribution in [0.3, 0.4) is 0 Å². The van der Waals surface area contributed by atoms with E-state index < -0.39 is 10.0 Å². The summed E-state index contributed by atoms with van der Waals surface area (Å²) in [5, 5.41) is 0.159. The van der Waals surface area contributed by atoms with Crippen molar-refractivity contribution in [2.45, 2.75) is 57.6 Å². The third-order valence-corrected chi connectivity index (χ3v) is 6.34. The van der Waals surface area contributed by atoms with Crippen LogP contribution in [0.2, 0.25) is 0 Å². The van der Waals surface area contributed by atoms with Crippen molar-refractivity contribution in [2.24, 2.45) is 11.7 Å². The second kappa shape index (κ2) is 6.46. The Hall–Kier alpha value is -0.920. The van der Waals surface area contributed by atoms with Gasteiger partial charge in [0.15, 0.2) is 5.03 Å². The number of imidazole rings is 1. The molecule has 2 rings (SSSR count). The number of nitrogens with two attached hydrogens (primary N) is 1. The molecule has 1 heterocycles. The molecular formula is C14H26N4O2S. The molecular weight excluding hydrogens is 288 g/mol. The molecule has 0 saturated heterocycles. The van der Waals surface area contributed by atoms with Crippen LogP contribution in [0.5, 0.6) is 0 Å². The van der Waals surface area contributed by atoms with Crippen molar-refractivity contribution in [3.8, 4) is 0 Å². The normalized spacial score (nSPS) is 23.1. The van der Waals surface area contributed by atoms with Crippen molar-refractivity contribution < 1.29 is 8.42 Å². The first kappa shape index (κ1) is 16.5. The highest BCUT2D eigenvalue weighted by molar-refractivity contribution is 7.89. The van der Waals surface area contributed by atoms with E-state index in [1.807, 2.05) is 25.3 Å². The summed E-state index contributed by atoms with van der Waals surface area (Å²) in [6.45, 7) is 7.41. The van der Waals surface area contributed by atoms with E-state index in [1.54, 1.807) is 10.5 Å². The van der Waals surface area contributed by atoms with Gasteiger partial charge in [-0.2, -0.15) is 4.31 Å². The van der Waals surface area contributed by atoms with Gasteiger partial charge in [-0.1, -0.05) is 13.3 Å². The van der Waals surface area contributed by atoms with E-state index in [2.05, 4.69) is 4.98 Å². The standard InChI is InChI=1S/C14H26N4O2S/c1-4-17-10-14(16-11(17)3)21(19,20)18(5-2)13-8-6-7-12(13)9-15/h10,12-13H,4-9,15H2,1-3H3. The lowest BCUT2D eigenvalue weighted by Crippen LogP contribution is -2.44. The van der Waals surface area contributed by atoms with Crippen molar-refractivity contribution in [1.29, 1.82) is 0 Å². The van der Waals surface area contributed by atoms with Gasteiger partial charge in [0.2, 0.25) is 0 Å². The quantitative estimate of drug-likeness (QED) is 0.859. The zero-order chi connectivity index (χ0) is 15.6. The fraction of sp³-hybridized carbons (Fsp3) is 0.786. The van der Waals surface area contributed by atoms with Gasteiger partial charge in [0.25, 0.3) is 10.0 Å². The third kappa shape index (κ3) is 3.00. The van der Waals surface area contributed by atoms with Crippen LogP contribution in [0, 0.1) is 12.8 Å². The highest BCUT2D eigenvalue weighted by Crippen LogP contribution is 2.32. The van der Waals surface area contributed by atoms with E-state index in [-0.39, 0.29) is 17.0 Å². The minimum absolute atomic E-state index is 0.0112. The maximum atomic E-state index is 12.9. The summed E-state index contributed by atoms with van der Waals surface area (Å²) >= 11 is 0. The topological polar surface area (TPSA) is 81.2 Å². The molecule has 1 saturated carbocycles. The van der Waals surface area contributed by atoms with Gasteiger partial charge in [0.1, 0.15) is 5.82 Å². The fourth-order valence-corrected chi connectivity index (χ4v) is 5.02. The minimum Gasteiger partial charge on any atom is -0.334 e. The molecule has 2 unspecified atom stereocenters. The molecule has 0 aliphatic heterocycles. The smallest absolute Gasteiger partial charge is 0.262 e. The van der Waals surface area contributed by atoms with Crippen LogP contribution >= 0.6 is 0 Å². The molecule has 0 radical (unpaired) electrons. The van der Waals surface area contributed by atoms with Crippen LogP contribution in [0.25, 0.3) is 0 Å². The van der Waals surface area contributed by atoms with E-state index >= 15 is 0 Å². The molecule has 6 nitrogen and oxygen atoms in total. The molecule has 1 aliphatic rings. The molecule has 2 N–H and O–H groups in total. The molecule has 0 spiro atoms. The maximum Gasteiger partial charge on any atom is 0.262 e. The lowest BCUT2D eigenvalue weighted by molar-refractivity contribution is 0.275. The van der Waals surface area contributed by atoms with Crippen LogP contribution in [0.15, 0.2) is 11.2 Å². The minimum atomic E-state index is -3.54. The van der Waals surface area contributed by atoms with Gasteiger partial charge in [0.05, 0.1) is 0 Å².